The smallest absolute Gasteiger partial charge is 0.389 e. The van der Waals surface area contributed by atoms with Crippen molar-refractivity contribution < 1.29 is 28.2 Å². The lowest BCUT2D eigenvalue weighted by molar-refractivity contribution is -0.183. The first-order valence-corrected chi connectivity index (χ1v) is 12.7. The van der Waals surface area contributed by atoms with E-state index in [1.165, 1.54) is 13.3 Å². The number of anilines is 1. The summed E-state index contributed by atoms with van der Waals surface area (Å²) in [7, 11) is 0. The summed E-state index contributed by atoms with van der Waals surface area (Å²) in [6.45, 7) is 5.92. The van der Waals surface area contributed by atoms with E-state index in [4.69, 9.17) is 0 Å². The van der Waals surface area contributed by atoms with Crippen LogP contribution in [-0.2, 0) is 11.3 Å². The summed E-state index contributed by atoms with van der Waals surface area (Å²) in [4.78, 5) is 24.3. The number of alkyl halides is 3. The number of Topliss-reactive ketones (excluding diaryl/α,β-unsaturated/α-hetero) is 1. The predicted molar refractivity (Wildman–Crippen MR) is 130 cm³/mol. The second-order valence-corrected chi connectivity index (χ2v) is 10.5. The molecular weight excluding hydrogens is 475 g/mol. The van der Waals surface area contributed by atoms with Crippen molar-refractivity contribution >= 4 is 22.6 Å². The number of nitrogens with zero attached hydrogens (tertiary/aromatic N) is 5. The molecule has 3 heterocycles. The second-order valence-electron chi connectivity index (χ2n) is 10.5. The molecule has 11 heteroatoms. The number of β-amino-alcohol motifs (C(OH)–C–C–N with tert-alkyl or cyclic N) is 1. The molecule has 2 aliphatic rings. The van der Waals surface area contributed by atoms with Crippen LogP contribution in [0.5, 0.6) is 0 Å². The molecule has 0 spiro atoms. The van der Waals surface area contributed by atoms with Gasteiger partial charge in [-0.1, -0.05) is 0 Å². The van der Waals surface area contributed by atoms with E-state index in [9.17, 15) is 28.2 Å². The lowest BCUT2D eigenvalue weighted by Crippen LogP contribution is -2.58. The van der Waals surface area contributed by atoms with Gasteiger partial charge in [0, 0.05) is 32.4 Å². The van der Waals surface area contributed by atoms with Gasteiger partial charge in [-0.2, -0.15) is 13.2 Å². The van der Waals surface area contributed by atoms with Crippen LogP contribution < -0.4 is 4.90 Å². The van der Waals surface area contributed by atoms with Gasteiger partial charge in [-0.15, -0.1) is 0 Å². The molecule has 1 saturated heterocycles. The number of carbonyl (C=O) groups excluding carboxylic acids is 1. The van der Waals surface area contributed by atoms with Gasteiger partial charge >= 0.3 is 6.18 Å². The molecule has 0 radical (unpaired) electrons. The number of ketones is 1. The predicted octanol–water partition coefficient (Wildman–Crippen LogP) is 3.01. The van der Waals surface area contributed by atoms with Crippen LogP contribution in [0, 0.1) is 11.8 Å². The Balaban J connectivity index is 1.47. The Morgan fingerprint density at radius 1 is 1.25 bits per heavy atom. The highest BCUT2D eigenvalue weighted by Crippen LogP contribution is 2.40. The minimum absolute atomic E-state index is 0.0159. The van der Waals surface area contributed by atoms with Gasteiger partial charge in [0.1, 0.15) is 29.2 Å². The number of rotatable bonds is 8. The highest BCUT2D eigenvalue weighted by molar-refractivity contribution is 5.87. The molecule has 2 aromatic rings. The fourth-order valence-electron chi connectivity index (χ4n) is 5.68. The molecule has 4 rings (SSSR count). The third-order valence-corrected chi connectivity index (χ3v) is 7.81. The van der Waals surface area contributed by atoms with E-state index in [2.05, 4.69) is 14.9 Å². The number of aliphatic hydroxyl groups is 2. The van der Waals surface area contributed by atoms with Crippen molar-refractivity contribution in [1.82, 2.24) is 19.4 Å². The molecule has 8 nitrogen and oxygen atoms in total. The van der Waals surface area contributed by atoms with Crippen LogP contribution in [-0.4, -0.2) is 86.0 Å². The number of piperidine rings is 1. The van der Waals surface area contributed by atoms with Crippen molar-refractivity contribution in [2.24, 2.45) is 11.8 Å². The standard InChI is InChI=1S/C25H36F3N5O3/c1-3-32(13-18-4-6-19(7-5-18)25(26,27)28)22-20-8-10-33(23(20)30-16-29-22)15-24(36)9-11-31(12-17(2)34)14-21(24)35/h8,10,16,18-19,21,35-36H,3-7,9,11-15H2,1-2H3. The van der Waals surface area contributed by atoms with Crippen molar-refractivity contribution in [3.63, 3.8) is 0 Å². The largest absolute Gasteiger partial charge is 0.391 e. The number of aromatic nitrogens is 3. The zero-order valence-corrected chi connectivity index (χ0v) is 20.9. The average molecular weight is 512 g/mol. The zero-order valence-electron chi connectivity index (χ0n) is 20.9. The lowest BCUT2D eigenvalue weighted by Gasteiger charge is -2.42. The Bertz CT molecular complexity index is 1050. The first-order valence-electron chi connectivity index (χ1n) is 12.7. The highest BCUT2D eigenvalue weighted by Gasteiger charge is 2.42. The van der Waals surface area contributed by atoms with E-state index in [1.54, 1.807) is 0 Å². The van der Waals surface area contributed by atoms with E-state index in [0.717, 1.165) is 11.2 Å². The normalized spacial score (nSPS) is 27.9. The molecule has 1 aliphatic heterocycles. The third kappa shape index (κ3) is 5.84. The fourth-order valence-corrected chi connectivity index (χ4v) is 5.68. The number of likely N-dealkylation sites (tertiary alicyclic amines) is 1. The molecule has 2 fully saturated rings. The molecule has 0 bridgehead atoms. The molecule has 1 aliphatic carbocycles. The zero-order chi connectivity index (χ0) is 26.1. The summed E-state index contributed by atoms with van der Waals surface area (Å²) in [6.07, 6.45) is -0.0884. The van der Waals surface area contributed by atoms with Crippen LogP contribution in [0.2, 0.25) is 0 Å². The summed E-state index contributed by atoms with van der Waals surface area (Å²) >= 11 is 0. The maximum atomic E-state index is 13.0. The molecule has 2 N–H and O–H groups in total. The summed E-state index contributed by atoms with van der Waals surface area (Å²) in [6, 6.07) is 1.88. The summed E-state index contributed by atoms with van der Waals surface area (Å²) in [5.74, 6) is -0.282. The number of halogens is 3. The van der Waals surface area contributed by atoms with Crippen molar-refractivity contribution in [3.8, 4) is 0 Å². The van der Waals surface area contributed by atoms with Gasteiger partial charge in [0.25, 0.3) is 0 Å². The van der Waals surface area contributed by atoms with Gasteiger partial charge in [-0.25, -0.2) is 9.97 Å². The number of carbonyl (C=O) groups is 1. The second kappa shape index (κ2) is 10.6. The van der Waals surface area contributed by atoms with Crippen LogP contribution >= 0.6 is 0 Å². The van der Waals surface area contributed by atoms with Crippen LogP contribution in [0.3, 0.4) is 0 Å². The number of hydrogen-bond acceptors (Lipinski definition) is 7. The Labute approximate surface area is 209 Å². The van der Waals surface area contributed by atoms with Crippen molar-refractivity contribution in [2.75, 3.05) is 37.6 Å². The maximum absolute atomic E-state index is 13.0. The van der Waals surface area contributed by atoms with E-state index >= 15 is 0 Å². The number of hydrogen-bond donors (Lipinski definition) is 2. The van der Waals surface area contributed by atoms with Gasteiger partial charge in [0.15, 0.2) is 0 Å². The van der Waals surface area contributed by atoms with Crippen molar-refractivity contribution in [3.05, 3.63) is 18.6 Å². The van der Waals surface area contributed by atoms with Crippen molar-refractivity contribution in [2.45, 2.75) is 70.4 Å². The molecule has 200 valence electrons. The molecule has 36 heavy (non-hydrogen) atoms. The van der Waals surface area contributed by atoms with E-state index < -0.39 is 23.8 Å². The highest BCUT2D eigenvalue weighted by atomic mass is 19.4. The minimum atomic E-state index is -4.11. The molecule has 1 saturated carbocycles. The van der Waals surface area contributed by atoms with Crippen molar-refractivity contribution in [1.29, 1.82) is 0 Å². The molecule has 0 amide bonds. The van der Waals surface area contributed by atoms with Gasteiger partial charge < -0.3 is 19.7 Å². The summed E-state index contributed by atoms with van der Waals surface area (Å²) < 4.78 is 41.0. The first kappa shape index (κ1) is 26.8. The summed E-state index contributed by atoms with van der Waals surface area (Å²) in [5, 5.41) is 22.7. The van der Waals surface area contributed by atoms with Crippen LogP contribution in [0.4, 0.5) is 19.0 Å². The Morgan fingerprint density at radius 3 is 2.58 bits per heavy atom. The molecule has 2 atom stereocenters. The quantitative estimate of drug-likeness (QED) is 0.563. The first-order chi connectivity index (χ1) is 17.0. The lowest BCUT2D eigenvalue weighted by atomic mass is 9.81. The van der Waals surface area contributed by atoms with E-state index in [0.29, 0.717) is 44.5 Å². The monoisotopic (exact) mass is 511 g/mol. The van der Waals surface area contributed by atoms with E-state index in [-0.39, 0.29) is 44.2 Å². The number of fused-ring (bicyclic) bond motifs is 1. The molecule has 0 aromatic carbocycles. The Morgan fingerprint density at radius 2 is 1.97 bits per heavy atom. The minimum Gasteiger partial charge on any atom is -0.389 e. The maximum Gasteiger partial charge on any atom is 0.391 e. The Hall–Kier alpha value is -2.24. The van der Waals surface area contributed by atoms with E-state index in [1.807, 2.05) is 28.7 Å². The van der Waals surface area contributed by atoms with Gasteiger partial charge in [0.05, 0.1) is 30.5 Å². The molecular formula is C25H36F3N5O3. The topological polar surface area (TPSA) is 94.7 Å². The van der Waals surface area contributed by atoms with Crippen LogP contribution in [0.25, 0.3) is 11.0 Å². The molecule has 2 unspecified atom stereocenters. The van der Waals surface area contributed by atoms with Crippen LogP contribution in [0.1, 0.15) is 46.0 Å². The van der Waals surface area contributed by atoms with Crippen LogP contribution in [0.15, 0.2) is 18.6 Å². The Kier molecular flexibility index (Phi) is 7.92. The van der Waals surface area contributed by atoms with Gasteiger partial charge in [-0.3, -0.25) is 9.69 Å². The fraction of sp³-hybridized carbons (Fsp3) is 0.720. The number of aliphatic hydroxyl groups excluding tert-OH is 1. The van der Waals surface area contributed by atoms with Gasteiger partial charge in [-0.05, 0) is 57.9 Å². The average Bonchev–Trinajstić information content (AvgIpc) is 3.22. The third-order valence-electron chi connectivity index (χ3n) is 7.81. The summed E-state index contributed by atoms with van der Waals surface area (Å²) in [5.41, 5.74) is -0.725. The molecule has 2 aromatic heterocycles. The van der Waals surface area contributed by atoms with Gasteiger partial charge in [0.2, 0.25) is 0 Å². The SMILES string of the molecule is CCN(CC1CCC(C(F)(F)F)CC1)c1ncnc2c1ccn2CC1(O)CCN(CC(C)=O)CC1O.